The number of carboxylic acids is 1. The van der Waals surface area contributed by atoms with Crippen LogP contribution in [0.15, 0.2) is 30.3 Å². The van der Waals surface area contributed by atoms with E-state index in [2.05, 4.69) is 10.2 Å². The van der Waals surface area contributed by atoms with Crippen molar-refractivity contribution in [3.63, 3.8) is 0 Å². The van der Waals surface area contributed by atoms with E-state index in [1.165, 1.54) is 18.2 Å². The summed E-state index contributed by atoms with van der Waals surface area (Å²) in [5.74, 6) is -1.82. The van der Waals surface area contributed by atoms with Crippen LogP contribution < -0.4 is 5.11 Å². The molecule has 4 nitrogen and oxygen atoms in total. The van der Waals surface area contributed by atoms with E-state index in [0.717, 1.165) is 0 Å². The van der Waals surface area contributed by atoms with Crippen molar-refractivity contribution < 1.29 is 14.3 Å². The second-order valence-corrected chi connectivity index (χ2v) is 2.93. The number of rotatable bonds is 2. The van der Waals surface area contributed by atoms with Crippen LogP contribution in [0, 0.1) is 5.82 Å². The number of carbonyl (C=O) groups excluding carboxylic acids is 1. The van der Waals surface area contributed by atoms with Crippen LogP contribution in [-0.4, -0.2) is 16.2 Å². The lowest BCUT2D eigenvalue weighted by Crippen LogP contribution is -2.22. The first-order valence-corrected chi connectivity index (χ1v) is 4.20. The van der Waals surface area contributed by atoms with Crippen LogP contribution >= 0.6 is 0 Å². The van der Waals surface area contributed by atoms with Crippen LogP contribution in [0.1, 0.15) is 10.5 Å². The van der Waals surface area contributed by atoms with Crippen molar-refractivity contribution in [3.05, 3.63) is 41.8 Å². The quantitative estimate of drug-likeness (QED) is 0.779. The van der Waals surface area contributed by atoms with Crippen LogP contribution in [-0.2, 0) is 0 Å². The van der Waals surface area contributed by atoms with Gasteiger partial charge in [-0.15, -0.1) is 0 Å². The van der Waals surface area contributed by atoms with Gasteiger partial charge in [-0.05, 0) is 18.2 Å². The first-order valence-electron chi connectivity index (χ1n) is 4.20. The fraction of sp³-hybridized carbons (Fsp3) is 0. The Bertz CT molecular complexity index is 508. The minimum Gasteiger partial charge on any atom is -0.543 e. The highest BCUT2D eigenvalue weighted by molar-refractivity contribution is 5.85. The fourth-order valence-electron chi connectivity index (χ4n) is 1.23. The Kier molecular flexibility index (Phi) is 2.21. The van der Waals surface area contributed by atoms with Gasteiger partial charge < -0.3 is 9.90 Å². The Balaban J connectivity index is 2.46. The minimum atomic E-state index is -1.37. The predicted molar refractivity (Wildman–Crippen MR) is 48.3 cm³/mol. The highest BCUT2D eigenvalue weighted by Crippen LogP contribution is 2.20. The fourth-order valence-corrected chi connectivity index (χ4v) is 1.23. The van der Waals surface area contributed by atoms with Crippen molar-refractivity contribution >= 4 is 5.97 Å². The van der Waals surface area contributed by atoms with E-state index in [9.17, 15) is 14.3 Å². The van der Waals surface area contributed by atoms with Crippen LogP contribution in [0.3, 0.4) is 0 Å². The molecule has 0 fully saturated rings. The van der Waals surface area contributed by atoms with Gasteiger partial charge in [-0.3, -0.25) is 5.10 Å². The first-order chi connectivity index (χ1) is 7.18. The van der Waals surface area contributed by atoms with E-state index in [4.69, 9.17) is 0 Å². The normalized spacial score (nSPS) is 10.2. The molecule has 0 spiro atoms. The number of carboxylic acid groups (broad SMARTS) is 1. The molecule has 0 atom stereocenters. The van der Waals surface area contributed by atoms with E-state index >= 15 is 0 Å². The molecule has 5 heteroatoms. The van der Waals surface area contributed by atoms with Crippen LogP contribution in [0.4, 0.5) is 4.39 Å². The van der Waals surface area contributed by atoms with Gasteiger partial charge in [0.15, 0.2) is 0 Å². The van der Waals surface area contributed by atoms with Crippen LogP contribution in [0.25, 0.3) is 11.3 Å². The molecule has 15 heavy (non-hydrogen) atoms. The van der Waals surface area contributed by atoms with Crippen LogP contribution in [0.2, 0.25) is 0 Å². The monoisotopic (exact) mass is 205 g/mol. The number of halogens is 1. The average Bonchev–Trinajstić information content (AvgIpc) is 2.67. The van der Waals surface area contributed by atoms with Crippen molar-refractivity contribution in [3.8, 4) is 11.3 Å². The molecule has 0 aliphatic rings. The van der Waals surface area contributed by atoms with Gasteiger partial charge in [0.2, 0.25) is 0 Å². The molecule has 1 aromatic heterocycles. The van der Waals surface area contributed by atoms with E-state index in [-0.39, 0.29) is 17.0 Å². The number of hydrogen-bond donors (Lipinski definition) is 1. The number of nitrogens with zero attached hydrogens (tertiary/aromatic N) is 1. The summed E-state index contributed by atoms with van der Waals surface area (Å²) in [7, 11) is 0. The molecule has 0 radical (unpaired) electrons. The highest BCUT2D eigenvalue weighted by atomic mass is 19.1. The summed E-state index contributed by atoms with van der Waals surface area (Å²) in [4.78, 5) is 10.5. The number of H-pyrrole nitrogens is 1. The van der Waals surface area contributed by atoms with Gasteiger partial charge in [0.1, 0.15) is 5.82 Å². The van der Waals surface area contributed by atoms with Crippen molar-refractivity contribution in [2.24, 2.45) is 0 Å². The molecule has 0 bridgehead atoms. The van der Waals surface area contributed by atoms with Gasteiger partial charge in [0, 0.05) is 5.56 Å². The molecule has 1 N–H and O–H groups in total. The molecule has 1 aromatic carbocycles. The molecule has 0 aliphatic heterocycles. The van der Waals surface area contributed by atoms with Crippen molar-refractivity contribution in [1.29, 1.82) is 0 Å². The van der Waals surface area contributed by atoms with Crippen molar-refractivity contribution in [2.45, 2.75) is 0 Å². The van der Waals surface area contributed by atoms with E-state index in [0.29, 0.717) is 0 Å². The zero-order valence-corrected chi connectivity index (χ0v) is 7.53. The molecule has 2 rings (SSSR count). The molecule has 0 saturated heterocycles. The zero-order chi connectivity index (χ0) is 10.8. The second kappa shape index (κ2) is 3.53. The van der Waals surface area contributed by atoms with Gasteiger partial charge in [-0.1, -0.05) is 12.1 Å². The smallest absolute Gasteiger partial charge is 0.132 e. The van der Waals surface area contributed by atoms with Crippen molar-refractivity contribution in [2.75, 3.05) is 0 Å². The Morgan fingerprint density at radius 3 is 2.73 bits per heavy atom. The second-order valence-electron chi connectivity index (χ2n) is 2.93. The Morgan fingerprint density at radius 2 is 2.13 bits per heavy atom. The zero-order valence-electron chi connectivity index (χ0n) is 7.53. The van der Waals surface area contributed by atoms with Gasteiger partial charge in [-0.2, -0.15) is 5.10 Å². The molecule has 0 saturated carbocycles. The summed E-state index contributed by atoms with van der Waals surface area (Å²) in [5.41, 5.74) is 0.321. The number of nitrogens with one attached hydrogen (secondary N) is 1. The summed E-state index contributed by atoms with van der Waals surface area (Å²) >= 11 is 0. The van der Waals surface area contributed by atoms with Crippen molar-refractivity contribution in [1.82, 2.24) is 10.2 Å². The summed E-state index contributed by atoms with van der Waals surface area (Å²) in [6.07, 6.45) is 0. The molecule has 0 unspecified atom stereocenters. The SMILES string of the molecule is O=C([O-])c1cc(-c2ccccc2F)n[nH]1. The lowest BCUT2D eigenvalue weighted by molar-refractivity contribution is -0.255. The average molecular weight is 205 g/mol. The van der Waals surface area contributed by atoms with E-state index in [1.54, 1.807) is 12.1 Å². The third kappa shape index (κ3) is 1.71. The van der Waals surface area contributed by atoms with Gasteiger partial charge >= 0.3 is 0 Å². The summed E-state index contributed by atoms with van der Waals surface area (Å²) in [6.45, 7) is 0. The maximum atomic E-state index is 13.3. The molecule has 0 aliphatic carbocycles. The Hall–Kier alpha value is -2.17. The van der Waals surface area contributed by atoms with E-state index in [1.807, 2.05) is 0 Å². The molecular formula is C10H6FN2O2-. The third-order valence-electron chi connectivity index (χ3n) is 1.95. The maximum Gasteiger partial charge on any atom is 0.132 e. The predicted octanol–water partition coefficient (Wildman–Crippen LogP) is 0.579. The molecular weight excluding hydrogens is 199 g/mol. The maximum absolute atomic E-state index is 13.3. The third-order valence-corrected chi connectivity index (χ3v) is 1.95. The highest BCUT2D eigenvalue weighted by Gasteiger charge is 2.08. The molecule has 0 amide bonds. The Labute approximate surface area is 84.4 Å². The topological polar surface area (TPSA) is 68.8 Å². The molecule has 76 valence electrons. The van der Waals surface area contributed by atoms with Gasteiger partial charge in [-0.25, -0.2) is 4.39 Å². The molecule has 2 aromatic rings. The van der Waals surface area contributed by atoms with Gasteiger partial charge in [0.25, 0.3) is 0 Å². The summed E-state index contributed by atoms with van der Waals surface area (Å²) in [5, 5.41) is 16.4. The number of benzene rings is 1. The van der Waals surface area contributed by atoms with E-state index < -0.39 is 11.8 Å². The minimum absolute atomic E-state index is 0.173. The number of carbonyl (C=O) groups is 1. The largest absolute Gasteiger partial charge is 0.543 e. The standard InChI is InChI=1S/C10H7FN2O2/c11-7-4-2-1-3-6(7)8-5-9(10(14)15)13-12-8/h1-5H,(H,12,13)(H,14,15)/p-1. The Morgan fingerprint density at radius 1 is 1.40 bits per heavy atom. The summed E-state index contributed by atoms with van der Waals surface area (Å²) < 4.78 is 13.3. The number of hydrogen-bond acceptors (Lipinski definition) is 3. The lowest BCUT2D eigenvalue weighted by atomic mass is 10.1. The van der Waals surface area contributed by atoms with Crippen LogP contribution in [0.5, 0.6) is 0 Å². The first kappa shape index (κ1) is 9.39. The number of aromatic carboxylic acids is 1. The number of aromatic nitrogens is 2. The molecule has 1 heterocycles. The van der Waals surface area contributed by atoms with Gasteiger partial charge in [0.05, 0.1) is 17.4 Å². The summed E-state index contributed by atoms with van der Waals surface area (Å²) in [6, 6.07) is 7.22. The lowest BCUT2D eigenvalue weighted by Gasteiger charge is -1.96. The number of aromatic amines is 1.